The van der Waals surface area contributed by atoms with E-state index in [1.54, 1.807) is 0 Å². The van der Waals surface area contributed by atoms with Gasteiger partial charge >= 0.3 is 28.0 Å². The molecule has 5 heteroatoms. The molecule has 0 spiro atoms. The molecule has 0 aromatic heterocycles. The first kappa shape index (κ1) is 8.96. The zero-order valence-corrected chi connectivity index (χ0v) is 3.76. The first-order valence-electron chi connectivity index (χ1n) is 0.632. The predicted octanol–water partition coefficient (Wildman–Crippen LogP) is -5.24. The molecule has 0 heterocycles. The Labute approximate surface area is 42.7 Å². The topological polar surface area (TPSA) is 60.4 Å². The molecule has 0 aromatic rings. The molecule has 0 radical (unpaired) electrons. The van der Waals surface area contributed by atoms with Crippen molar-refractivity contribution in [2.24, 2.45) is 0 Å². The van der Waals surface area contributed by atoms with Gasteiger partial charge in [0.25, 0.3) is 0 Å². The summed E-state index contributed by atoms with van der Waals surface area (Å²) in [5.41, 5.74) is 0. The van der Waals surface area contributed by atoms with Crippen LogP contribution in [0.3, 0.4) is 0 Å². The minimum Gasteiger partial charge on any atom is -0.604 e. The maximum absolute atomic E-state index is 8.63. The fraction of sp³-hybridized carbons (Fsp3) is 0. The van der Waals surface area contributed by atoms with E-state index < -0.39 is 9.17 Å². The molecule has 0 aliphatic rings. The molecule has 24 valence electrons. The summed E-state index contributed by atoms with van der Waals surface area (Å²) in [6, 6.07) is 0. The summed E-state index contributed by atoms with van der Waals surface area (Å²) in [4.78, 5) is 15.7. The van der Waals surface area contributed by atoms with Gasteiger partial charge in [-0.1, -0.05) is 0 Å². The standard InChI is InChI=1S/Li.HO3Si/c;1-4(2)3/h;1H/q+1;-1. The van der Waals surface area contributed by atoms with Crippen LogP contribution in [0.15, 0.2) is 0 Å². The third-order valence-corrected chi connectivity index (χ3v) is 0. The monoisotopic (exact) mass is 84.0 g/mol. The Morgan fingerprint density at radius 1 is 1.80 bits per heavy atom. The Morgan fingerprint density at radius 2 is 1.80 bits per heavy atom. The zero-order valence-electron chi connectivity index (χ0n) is 2.76. The van der Waals surface area contributed by atoms with Gasteiger partial charge in [-0.2, -0.15) is 0 Å². The largest absolute Gasteiger partial charge is 1.00 e. The van der Waals surface area contributed by atoms with Gasteiger partial charge in [0.15, 0.2) is 0 Å². The first-order valence-corrected chi connectivity index (χ1v) is 1.90. The van der Waals surface area contributed by atoms with Crippen molar-refractivity contribution in [1.82, 2.24) is 0 Å². The van der Waals surface area contributed by atoms with Crippen LogP contribution in [0.2, 0.25) is 0 Å². The molecular formula is HLiO3Si. The van der Waals surface area contributed by atoms with Crippen LogP contribution < -0.4 is 23.7 Å². The molecule has 0 atom stereocenters. The zero-order chi connectivity index (χ0) is 3.58. The minimum absolute atomic E-state index is 0. The molecule has 0 aliphatic heterocycles. The van der Waals surface area contributed by atoms with E-state index in [2.05, 4.69) is 0 Å². The Balaban J connectivity index is 0. The average Bonchev–Trinajstić information content (AvgIpc) is 0.811. The van der Waals surface area contributed by atoms with Crippen LogP contribution >= 0.6 is 0 Å². The van der Waals surface area contributed by atoms with Gasteiger partial charge in [0.1, 0.15) is 0 Å². The molecule has 1 N–H and O–H groups in total. The smallest absolute Gasteiger partial charge is 0.604 e. The Hall–Kier alpha value is 0.214. The molecule has 3 nitrogen and oxygen atoms in total. The van der Waals surface area contributed by atoms with Gasteiger partial charge in [0.2, 0.25) is 0 Å². The SMILES string of the molecule is O=[Si]([O-])O.[Li+]. The molecule has 0 saturated heterocycles. The van der Waals surface area contributed by atoms with Crippen molar-refractivity contribution < 1.29 is 32.9 Å². The summed E-state index contributed by atoms with van der Waals surface area (Å²) < 4.78 is 8.63. The minimum atomic E-state index is -3.38. The molecule has 0 rings (SSSR count). The van der Waals surface area contributed by atoms with Crippen LogP contribution in [0, 0.1) is 0 Å². The third kappa shape index (κ3) is 450. The van der Waals surface area contributed by atoms with Crippen LogP contribution in [0.4, 0.5) is 0 Å². The van der Waals surface area contributed by atoms with E-state index in [1.165, 1.54) is 0 Å². The van der Waals surface area contributed by atoms with Gasteiger partial charge in [-0.25, -0.2) is 0 Å². The first-order chi connectivity index (χ1) is 1.73. The average molecular weight is 84.0 g/mol. The van der Waals surface area contributed by atoms with Gasteiger partial charge in [0, 0.05) is 0 Å². The van der Waals surface area contributed by atoms with Gasteiger partial charge in [-0.05, 0) is 0 Å². The molecule has 0 aromatic carbocycles. The molecule has 0 fully saturated rings. The van der Waals surface area contributed by atoms with E-state index >= 15 is 0 Å². The van der Waals surface area contributed by atoms with E-state index in [0.29, 0.717) is 0 Å². The van der Waals surface area contributed by atoms with Crippen molar-refractivity contribution in [3.63, 3.8) is 0 Å². The van der Waals surface area contributed by atoms with Crippen molar-refractivity contribution >= 4 is 9.17 Å². The maximum atomic E-state index is 8.63. The number of hydrogen-bond donors (Lipinski definition) is 1. The second kappa shape index (κ2) is 4.21. The van der Waals surface area contributed by atoms with E-state index in [4.69, 9.17) is 14.1 Å². The van der Waals surface area contributed by atoms with E-state index in [1.807, 2.05) is 0 Å². The van der Waals surface area contributed by atoms with E-state index in [0.717, 1.165) is 0 Å². The Bertz CT molecular complexity index is 29.9. The summed E-state index contributed by atoms with van der Waals surface area (Å²) in [6.07, 6.45) is 0. The molecule has 0 saturated carbocycles. The third-order valence-electron chi connectivity index (χ3n) is 0. The van der Waals surface area contributed by atoms with Crippen LogP contribution in [-0.4, -0.2) is 14.0 Å². The van der Waals surface area contributed by atoms with E-state index in [-0.39, 0.29) is 18.9 Å². The van der Waals surface area contributed by atoms with Crippen LogP contribution in [-0.2, 0) is 4.46 Å². The predicted molar refractivity (Wildman–Crippen MR) is 8.66 cm³/mol. The summed E-state index contributed by atoms with van der Waals surface area (Å²) >= 11 is 0. The van der Waals surface area contributed by atoms with Crippen molar-refractivity contribution in [2.45, 2.75) is 0 Å². The molecule has 0 aliphatic carbocycles. The fourth-order valence-electron chi connectivity index (χ4n) is 0. The van der Waals surface area contributed by atoms with Crippen LogP contribution in [0.5, 0.6) is 0 Å². The summed E-state index contributed by atoms with van der Waals surface area (Å²) in [5, 5.41) is 0. The number of rotatable bonds is 0. The molecule has 5 heavy (non-hydrogen) atoms. The fourth-order valence-corrected chi connectivity index (χ4v) is 0. The van der Waals surface area contributed by atoms with Gasteiger partial charge in [-0.15, -0.1) is 0 Å². The molecule has 0 bridgehead atoms. The van der Waals surface area contributed by atoms with Crippen molar-refractivity contribution in [3.8, 4) is 0 Å². The quantitative estimate of drug-likeness (QED) is 0.298. The Morgan fingerprint density at radius 3 is 1.80 bits per heavy atom. The maximum Gasteiger partial charge on any atom is 1.00 e. The van der Waals surface area contributed by atoms with Crippen molar-refractivity contribution in [2.75, 3.05) is 0 Å². The van der Waals surface area contributed by atoms with Gasteiger partial charge in [-0.3, -0.25) is 0 Å². The van der Waals surface area contributed by atoms with Crippen LogP contribution in [0.1, 0.15) is 0 Å². The van der Waals surface area contributed by atoms with Crippen LogP contribution in [0.25, 0.3) is 0 Å². The van der Waals surface area contributed by atoms with Gasteiger partial charge in [0.05, 0.1) is 0 Å². The molecule has 0 unspecified atom stereocenters. The molecular weight excluding hydrogens is 83.0 g/mol. The summed E-state index contributed by atoms with van der Waals surface area (Å²) in [7, 11) is -3.38. The molecule has 0 amide bonds. The van der Waals surface area contributed by atoms with Crippen molar-refractivity contribution in [1.29, 1.82) is 0 Å². The Kier molecular flexibility index (Phi) is 7.55. The normalized spacial score (nSPS) is 4.80. The number of hydrogen-bond acceptors (Lipinski definition) is 2. The second-order valence-corrected chi connectivity index (χ2v) is 0.798. The summed E-state index contributed by atoms with van der Waals surface area (Å²) in [6.45, 7) is 0. The van der Waals surface area contributed by atoms with Gasteiger partial charge < -0.3 is 14.1 Å². The van der Waals surface area contributed by atoms with E-state index in [9.17, 15) is 0 Å². The summed E-state index contributed by atoms with van der Waals surface area (Å²) in [5.74, 6) is 0. The van der Waals surface area contributed by atoms with Crippen molar-refractivity contribution in [3.05, 3.63) is 0 Å². The second-order valence-electron chi connectivity index (χ2n) is 0.266.